The summed E-state index contributed by atoms with van der Waals surface area (Å²) in [5.74, 6) is -0.269. The number of thiophene rings is 1. The van der Waals surface area contributed by atoms with E-state index < -0.39 is 6.04 Å². The van der Waals surface area contributed by atoms with Crippen LogP contribution in [0.15, 0.2) is 47.8 Å². The van der Waals surface area contributed by atoms with Gasteiger partial charge >= 0.3 is 5.97 Å². The standard InChI is InChI=1S/C15H17NO2S/c1-11(13-9-6-10-19-13)16-14(15(17)18-2)12-7-4-3-5-8-12/h3-11,14,16H,1-2H3/t11-,14+/m1/s1. The molecule has 1 aromatic carbocycles. The molecule has 2 rings (SSSR count). The Labute approximate surface area is 117 Å². The van der Waals surface area contributed by atoms with Crippen LogP contribution in [0.2, 0.25) is 0 Å². The molecule has 1 N–H and O–H groups in total. The second-order valence-electron chi connectivity index (χ2n) is 4.27. The van der Waals surface area contributed by atoms with E-state index in [1.807, 2.05) is 48.7 Å². The van der Waals surface area contributed by atoms with Gasteiger partial charge in [-0.05, 0) is 23.9 Å². The van der Waals surface area contributed by atoms with E-state index in [0.29, 0.717) is 0 Å². The quantitative estimate of drug-likeness (QED) is 0.851. The van der Waals surface area contributed by atoms with Crippen molar-refractivity contribution in [1.29, 1.82) is 0 Å². The van der Waals surface area contributed by atoms with Crippen molar-refractivity contribution in [1.82, 2.24) is 5.32 Å². The molecule has 0 aliphatic heterocycles. The second kappa shape index (κ2) is 6.50. The minimum Gasteiger partial charge on any atom is -0.468 e. The van der Waals surface area contributed by atoms with Crippen molar-refractivity contribution >= 4 is 17.3 Å². The van der Waals surface area contributed by atoms with Gasteiger partial charge in [-0.25, -0.2) is 4.79 Å². The van der Waals surface area contributed by atoms with Gasteiger partial charge in [0.2, 0.25) is 0 Å². The van der Waals surface area contributed by atoms with Gasteiger partial charge in [-0.2, -0.15) is 0 Å². The second-order valence-corrected chi connectivity index (χ2v) is 5.25. The highest BCUT2D eigenvalue weighted by Crippen LogP contribution is 2.23. The van der Waals surface area contributed by atoms with E-state index in [1.165, 1.54) is 12.0 Å². The summed E-state index contributed by atoms with van der Waals surface area (Å²) in [6, 6.07) is 13.3. The third kappa shape index (κ3) is 3.43. The van der Waals surface area contributed by atoms with Crippen LogP contribution in [0.1, 0.15) is 29.4 Å². The number of hydrogen-bond donors (Lipinski definition) is 1. The Kier molecular flexibility index (Phi) is 4.71. The van der Waals surface area contributed by atoms with Crippen molar-refractivity contribution in [2.24, 2.45) is 0 Å². The SMILES string of the molecule is COC(=O)[C@@H](N[C@H](C)c1cccs1)c1ccccc1. The molecule has 4 heteroatoms. The molecule has 2 atom stereocenters. The van der Waals surface area contributed by atoms with Gasteiger partial charge in [0.15, 0.2) is 0 Å². The van der Waals surface area contributed by atoms with Crippen molar-refractivity contribution < 1.29 is 9.53 Å². The molecule has 0 bridgehead atoms. The fraction of sp³-hybridized carbons (Fsp3) is 0.267. The first-order chi connectivity index (χ1) is 9.22. The van der Waals surface area contributed by atoms with Gasteiger partial charge in [0.05, 0.1) is 7.11 Å². The highest BCUT2D eigenvalue weighted by atomic mass is 32.1. The maximum absolute atomic E-state index is 11.9. The third-order valence-corrected chi connectivity index (χ3v) is 4.01. The molecule has 3 nitrogen and oxygen atoms in total. The maximum atomic E-state index is 11.9. The van der Waals surface area contributed by atoms with Crippen LogP contribution in [-0.4, -0.2) is 13.1 Å². The maximum Gasteiger partial charge on any atom is 0.327 e. The molecule has 100 valence electrons. The summed E-state index contributed by atoms with van der Waals surface area (Å²) >= 11 is 1.67. The van der Waals surface area contributed by atoms with E-state index in [2.05, 4.69) is 11.4 Å². The van der Waals surface area contributed by atoms with Crippen LogP contribution in [0.3, 0.4) is 0 Å². The summed E-state index contributed by atoms with van der Waals surface area (Å²) in [5.41, 5.74) is 0.915. The van der Waals surface area contributed by atoms with Crippen molar-refractivity contribution in [2.45, 2.75) is 19.0 Å². The molecule has 0 unspecified atom stereocenters. The Morgan fingerprint density at radius 2 is 1.95 bits per heavy atom. The average Bonchev–Trinajstić information content (AvgIpc) is 2.99. The van der Waals surface area contributed by atoms with Crippen LogP contribution >= 0.6 is 11.3 Å². The molecule has 0 aliphatic rings. The summed E-state index contributed by atoms with van der Waals surface area (Å²) in [6.45, 7) is 2.05. The van der Waals surface area contributed by atoms with Crippen molar-refractivity contribution in [3.8, 4) is 0 Å². The normalized spacial score (nSPS) is 13.8. The lowest BCUT2D eigenvalue weighted by molar-refractivity contribution is -0.143. The molecule has 0 fully saturated rings. The van der Waals surface area contributed by atoms with E-state index in [-0.39, 0.29) is 12.0 Å². The Morgan fingerprint density at radius 3 is 2.53 bits per heavy atom. The summed E-state index contributed by atoms with van der Waals surface area (Å²) < 4.78 is 4.89. The van der Waals surface area contributed by atoms with Gasteiger partial charge in [-0.3, -0.25) is 5.32 Å². The third-order valence-electron chi connectivity index (χ3n) is 2.96. The van der Waals surface area contributed by atoms with Crippen molar-refractivity contribution in [3.05, 3.63) is 58.3 Å². The molecule has 2 aromatic rings. The monoisotopic (exact) mass is 275 g/mol. The minimum atomic E-state index is -0.441. The van der Waals surface area contributed by atoms with E-state index in [0.717, 1.165) is 5.56 Å². The zero-order valence-corrected chi connectivity index (χ0v) is 11.8. The topological polar surface area (TPSA) is 38.3 Å². The van der Waals surface area contributed by atoms with Gasteiger partial charge in [0, 0.05) is 10.9 Å². The summed E-state index contributed by atoms with van der Waals surface area (Å²) in [5, 5.41) is 5.35. The number of carbonyl (C=O) groups excluding carboxylic acids is 1. The van der Waals surface area contributed by atoms with Crippen LogP contribution in [-0.2, 0) is 9.53 Å². The highest BCUT2D eigenvalue weighted by molar-refractivity contribution is 7.10. The molecular weight excluding hydrogens is 258 g/mol. The van der Waals surface area contributed by atoms with Crippen molar-refractivity contribution in [2.75, 3.05) is 7.11 Å². The van der Waals surface area contributed by atoms with Crippen LogP contribution in [0, 0.1) is 0 Å². The molecule has 19 heavy (non-hydrogen) atoms. The number of benzene rings is 1. The number of rotatable bonds is 5. The van der Waals surface area contributed by atoms with Gasteiger partial charge < -0.3 is 4.74 Å². The number of ether oxygens (including phenoxy) is 1. The molecule has 0 amide bonds. The molecule has 0 saturated carbocycles. The number of hydrogen-bond acceptors (Lipinski definition) is 4. The Bertz CT molecular complexity index is 510. The van der Waals surface area contributed by atoms with E-state index in [9.17, 15) is 4.79 Å². The molecule has 0 aliphatic carbocycles. The number of esters is 1. The van der Waals surface area contributed by atoms with Crippen LogP contribution in [0.5, 0.6) is 0 Å². The van der Waals surface area contributed by atoms with Gasteiger partial charge in [0.25, 0.3) is 0 Å². The fourth-order valence-corrected chi connectivity index (χ4v) is 2.68. The summed E-state index contributed by atoms with van der Waals surface area (Å²) in [4.78, 5) is 13.1. The van der Waals surface area contributed by atoms with E-state index in [1.54, 1.807) is 11.3 Å². The number of methoxy groups -OCH3 is 1. The zero-order chi connectivity index (χ0) is 13.7. The summed E-state index contributed by atoms with van der Waals surface area (Å²) in [7, 11) is 1.41. The average molecular weight is 275 g/mol. The molecule has 0 saturated heterocycles. The number of carbonyl (C=O) groups is 1. The lowest BCUT2D eigenvalue weighted by Crippen LogP contribution is -2.31. The lowest BCUT2D eigenvalue weighted by atomic mass is 10.1. The Hall–Kier alpha value is -1.65. The van der Waals surface area contributed by atoms with Gasteiger partial charge in [0.1, 0.15) is 6.04 Å². The van der Waals surface area contributed by atoms with E-state index >= 15 is 0 Å². The van der Waals surface area contributed by atoms with Crippen LogP contribution in [0.4, 0.5) is 0 Å². The highest BCUT2D eigenvalue weighted by Gasteiger charge is 2.23. The Balaban J connectivity index is 2.17. The fourth-order valence-electron chi connectivity index (χ4n) is 1.93. The van der Waals surface area contributed by atoms with Crippen LogP contribution in [0.25, 0.3) is 0 Å². The Morgan fingerprint density at radius 1 is 1.21 bits per heavy atom. The van der Waals surface area contributed by atoms with Gasteiger partial charge in [-0.15, -0.1) is 11.3 Å². The smallest absolute Gasteiger partial charge is 0.327 e. The summed E-state index contributed by atoms with van der Waals surface area (Å²) in [6.07, 6.45) is 0. The van der Waals surface area contributed by atoms with E-state index in [4.69, 9.17) is 4.74 Å². The predicted molar refractivity (Wildman–Crippen MR) is 77.1 cm³/mol. The first-order valence-electron chi connectivity index (χ1n) is 6.14. The zero-order valence-electron chi connectivity index (χ0n) is 11.0. The molecule has 1 heterocycles. The molecule has 0 radical (unpaired) electrons. The van der Waals surface area contributed by atoms with Crippen LogP contribution < -0.4 is 5.32 Å². The molecular formula is C15H17NO2S. The largest absolute Gasteiger partial charge is 0.468 e. The number of nitrogens with one attached hydrogen (secondary N) is 1. The first kappa shape index (κ1) is 13.8. The lowest BCUT2D eigenvalue weighted by Gasteiger charge is -2.21. The van der Waals surface area contributed by atoms with Crippen molar-refractivity contribution in [3.63, 3.8) is 0 Å². The first-order valence-corrected chi connectivity index (χ1v) is 7.02. The molecule has 1 aromatic heterocycles. The van der Waals surface area contributed by atoms with Gasteiger partial charge in [-0.1, -0.05) is 36.4 Å². The molecule has 0 spiro atoms. The minimum absolute atomic E-state index is 0.101. The predicted octanol–water partition coefficient (Wildman–Crippen LogP) is 3.31.